The van der Waals surface area contributed by atoms with Crippen LogP contribution in [0.15, 0.2) is 0 Å². The van der Waals surface area contributed by atoms with Crippen molar-refractivity contribution in [3.63, 3.8) is 0 Å². The summed E-state index contributed by atoms with van der Waals surface area (Å²) < 4.78 is 0. The van der Waals surface area contributed by atoms with Crippen LogP contribution in [-0.4, -0.2) is 88.1 Å². The number of nitrogens with one attached hydrogen (secondary N) is 2. The van der Waals surface area contributed by atoms with Gasteiger partial charge < -0.3 is 31.5 Å². The molecule has 0 aliphatic carbocycles. The number of hydrogen-bond acceptors (Lipinski definition) is 7. The van der Waals surface area contributed by atoms with Crippen molar-refractivity contribution in [1.29, 1.82) is 0 Å². The van der Waals surface area contributed by atoms with Crippen molar-refractivity contribution in [2.24, 2.45) is 11.7 Å². The molecule has 0 bridgehead atoms. The number of carbonyl (C=O) groups excluding carboxylic acids is 3. The Morgan fingerprint density at radius 2 is 1.93 bits per heavy atom. The van der Waals surface area contributed by atoms with E-state index in [2.05, 4.69) is 10.6 Å². The number of thioether (sulfide) groups is 1. The lowest BCUT2D eigenvalue weighted by molar-refractivity contribution is -0.146. The van der Waals surface area contributed by atoms with Gasteiger partial charge in [0.2, 0.25) is 17.7 Å². The minimum Gasteiger partial charge on any atom is -0.480 e. The SMILES string of the molecule is CCC(C)C(NC(=O)C(N)CCSC)C(=O)N1CCCC1C(=O)NC(CO)C(=O)O. The highest BCUT2D eigenvalue weighted by Gasteiger charge is 2.40. The van der Waals surface area contributed by atoms with Crippen molar-refractivity contribution in [1.82, 2.24) is 15.5 Å². The normalized spacial score (nSPS) is 20.2. The third-order valence-corrected chi connectivity index (χ3v) is 6.03. The fraction of sp³-hybridized carbons (Fsp3) is 0.789. The van der Waals surface area contributed by atoms with E-state index >= 15 is 0 Å². The number of nitrogens with zero attached hydrogens (tertiary/aromatic N) is 1. The minimum atomic E-state index is -1.44. The molecule has 10 nitrogen and oxygen atoms in total. The molecule has 6 N–H and O–H groups in total. The molecule has 1 heterocycles. The van der Waals surface area contributed by atoms with Gasteiger partial charge in [-0.2, -0.15) is 11.8 Å². The molecular weight excluding hydrogens is 412 g/mol. The van der Waals surface area contributed by atoms with E-state index in [1.807, 2.05) is 20.1 Å². The third kappa shape index (κ3) is 7.13. The maximum atomic E-state index is 13.2. The first-order chi connectivity index (χ1) is 14.2. The molecular formula is C19H34N4O6S. The number of aliphatic hydroxyl groups is 1. The van der Waals surface area contributed by atoms with Crippen LogP contribution in [0.3, 0.4) is 0 Å². The summed E-state index contributed by atoms with van der Waals surface area (Å²) in [5.41, 5.74) is 5.93. The Morgan fingerprint density at radius 1 is 1.27 bits per heavy atom. The van der Waals surface area contributed by atoms with Crippen molar-refractivity contribution in [2.75, 3.05) is 25.2 Å². The van der Waals surface area contributed by atoms with E-state index in [0.717, 1.165) is 5.75 Å². The van der Waals surface area contributed by atoms with Gasteiger partial charge in [0.25, 0.3) is 0 Å². The molecule has 172 valence electrons. The van der Waals surface area contributed by atoms with Crippen molar-refractivity contribution < 1.29 is 29.4 Å². The van der Waals surface area contributed by atoms with Crippen LogP contribution in [0.2, 0.25) is 0 Å². The predicted octanol–water partition coefficient (Wildman–Crippen LogP) is -0.850. The van der Waals surface area contributed by atoms with Crippen LogP contribution in [0.4, 0.5) is 0 Å². The lowest BCUT2D eigenvalue weighted by Crippen LogP contribution is -2.58. The second kappa shape index (κ2) is 12.8. The first-order valence-corrected chi connectivity index (χ1v) is 11.6. The maximum absolute atomic E-state index is 13.2. The van der Waals surface area contributed by atoms with Gasteiger partial charge in [0.05, 0.1) is 12.6 Å². The lowest BCUT2D eigenvalue weighted by Gasteiger charge is -2.32. The average molecular weight is 447 g/mol. The number of carbonyl (C=O) groups is 4. The number of nitrogens with two attached hydrogens (primary N) is 1. The van der Waals surface area contributed by atoms with Crippen molar-refractivity contribution in [3.05, 3.63) is 0 Å². The number of amides is 3. The Labute approximate surface area is 181 Å². The highest BCUT2D eigenvalue weighted by molar-refractivity contribution is 7.98. The zero-order valence-corrected chi connectivity index (χ0v) is 18.6. The van der Waals surface area contributed by atoms with Gasteiger partial charge in [-0.1, -0.05) is 20.3 Å². The van der Waals surface area contributed by atoms with Crippen molar-refractivity contribution in [2.45, 2.75) is 63.7 Å². The Morgan fingerprint density at radius 3 is 2.47 bits per heavy atom. The summed E-state index contributed by atoms with van der Waals surface area (Å²) in [4.78, 5) is 50.7. The molecule has 5 atom stereocenters. The summed E-state index contributed by atoms with van der Waals surface area (Å²) in [7, 11) is 0. The molecule has 0 spiro atoms. The standard InChI is InChI=1S/C19H34N4O6S/c1-4-11(2)15(22-16(25)12(20)7-9-30-3)18(27)23-8-5-6-14(23)17(26)21-13(10-24)19(28)29/h11-15,24H,4-10,20H2,1-3H3,(H,21,26)(H,22,25)(H,28,29). The molecule has 3 amide bonds. The smallest absolute Gasteiger partial charge is 0.328 e. The molecule has 0 aromatic heterocycles. The summed E-state index contributed by atoms with van der Waals surface area (Å²) in [6.45, 7) is 3.32. The average Bonchev–Trinajstić information content (AvgIpc) is 3.22. The largest absolute Gasteiger partial charge is 0.480 e. The molecule has 0 aromatic carbocycles. The van der Waals surface area contributed by atoms with Gasteiger partial charge >= 0.3 is 5.97 Å². The van der Waals surface area contributed by atoms with Gasteiger partial charge in [-0.15, -0.1) is 0 Å². The second-order valence-electron chi connectivity index (χ2n) is 7.53. The molecule has 0 radical (unpaired) electrons. The quantitative estimate of drug-likeness (QED) is 0.259. The molecule has 1 aliphatic heterocycles. The van der Waals surface area contributed by atoms with Gasteiger partial charge in [-0.25, -0.2) is 4.79 Å². The van der Waals surface area contributed by atoms with Crippen molar-refractivity contribution >= 4 is 35.5 Å². The molecule has 5 unspecified atom stereocenters. The zero-order valence-electron chi connectivity index (χ0n) is 17.8. The fourth-order valence-electron chi connectivity index (χ4n) is 3.25. The highest BCUT2D eigenvalue weighted by Crippen LogP contribution is 2.21. The number of likely N-dealkylation sites (tertiary alicyclic amines) is 1. The van der Waals surface area contributed by atoms with Crippen LogP contribution in [0.25, 0.3) is 0 Å². The number of carboxylic acid groups (broad SMARTS) is 1. The van der Waals surface area contributed by atoms with E-state index in [9.17, 15) is 19.2 Å². The van der Waals surface area contributed by atoms with Gasteiger partial charge in [0.15, 0.2) is 0 Å². The minimum absolute atomic E-state index is 0.178. The third-order valence-electron chi connectivity index (χ3n) is 5.38. The molecule has 11 heteroatoms. The van der Waals surface area contributed by atoms with Gasteiger partial charge in [-0.3, -0.25) is 14.4 Å². The number of hydrogen-bond donors (Lipinski definition) is 5. The van der Waals surface area contributed by atoms with E-state index < -0.39 is 48.6 Å². The van der Waals surface area contributed by atoms with Crippen LogP contribution in [0.5, 0.6) is 0 Å². The fourth-order valence-corrected chi connectivity index (χ4v) is 3.74. The van der Waals surface area contributed by atoms with Crippen LogP contribution in [0.1, 0.15) is 39.5 Å². The molecule has 1 rings (SSSR count). The number of carboxylic acids is 1. The monoisotopic (exact) mass is 446 g/mol. The topological polar surface area (TPSA) is 162 Å². The molecule has 1 saturated heterocycles. The maximum Gasteiger partial charge on any atom is 0.328 e. The first kappa shape index (κ1) is 26.2. The van der Waals surface area contributed by atoms with Crippen molar-refractivity contribution in [3.8, 4) is 0 Å². The highest BCUT2D eigenvalue weighted by atomic mass is 32.2. The number of aliphatic carboxylic acids is 1. The van der Waals surface area contributed by atoms with E-state index in [1.54, 1.807) is 11.8 Å². The van der Waals surface area contributed by atoms with E-state index in [4.69, 9.17) is 15.9 Å². The van der Waals surface area contributed by atoms with E-state index in [-0.39, 0.29) is 11.8 Å². The van der Waals surface area contributed by atoms with Crippen LogP contribution < -0.4 is 16.4 Å². The summed E-state index contributed by atoms with van der Waals surface area (Å²) in [5.74, 6) is -2.24. The second-order valence-corrected chi connectivity index (χ2v) is 8.52. The zero-order chi connectivity index (χ0) is 22.8. The predicted molar refractivity (Wildman–Crippen MR) is 114 cm³/mol. The molecule has 1 aliphatic rings. The summed E-state index contributed by atoms with van der Waals surface area (Å²) in [6.07, 6.45) is 3.99. The summed E-state index contributed by atoms with van der Waals surface area (Å²) in [5, 5.41) is 23.2. The van der Waals surface area contributed by atoms with Crippen LogP contribution in [-0.2, 0) is 19.2 Å². The summed E-state index contributed by atoms with van der Waals surface area (Å²) in [6, 6.07) is -3.84. The summed E-state index contributed by atoms with van der Waals surface area (Å²) >= 11 is 1.58. The van der Waals surface area contributed by atoms with Crippen LogP contribution >= 0.6 is 11.8 Å². The number of rotatable bonds is 12. The molecule has 30 heavy (non-hydrogen) atoms. The Balaban J connectivity index is 2.92. The Bertz CT molecular complexity index is 620. The number of aliphatic hydroxyl groups excluding tert-OH is 1. The van der Waals surface area contributed by atoms with Gasteiger partial charge in [0.1, 0.15) is 18.1 Å². The lowest BCUT2D eigenvalue weighted by atomic mass is 9.96. The van der Waals surface area contributed by atoms with Crippen LogP contribution in [0, 0.1) is 5.92 Å². The Kier molecular flexibility index (Phi) is 11.1. The first-order valence-electron chi connectivity index (χ1n) is 10.2. The van der Waals surface area contributed by atoms with Gasteiger partial charge in [0, 0.05) is 6.54 Å². The van der Waals surface area contributed by atoms with E-state index in [0.29, 0.717) is 32.2 Å². The van der Waals surface area contributed by atoms with Gasteiger partial charge in [-0.05, 0) is 37.2 Å². The molecule has 0 aromatic rings. The Hall–Kier alpha value is -1.85. The molecule has 1 fully saturated rings. The van der Waals surface area contributed by atoms with E-state index in [1.165, 1.54) is 4.90 Å². The molecule has 0 saturated carbocycles.